The molecule has 0 aliphatic carbocycles. The van der Waals surface area contributed by atoms with Crippen LogP contribution in [0, 0.1) is 9.49 Å². The van der Waals surface area contributed by atoms with Crippen LogP contribution >= 0.6 is 22.6 Å². The van der Waals surface area contributed by atoms with Crippen LogP contribution in [0.15, 0.2) is 11.1 Å². The summed E-state index contributed by atoms with van der Waals surface area (Å²) in [7, 11) is 0. The molecule has 6 heteroatoms. The molecule has 1 aromatic rings. The van der Waals surface area contributed by atoms with Crippen LogP contribution in [0.5, 0.6) is 0 Å². The van der Waals surface area contributed by atoms with Crippen LogP contribution in [0.4, 0.5) is 5.82 Å². The molecule has 17 heavy (non-hydrogen) atoms. The molecule has 0 radical (unpaired) electrons. The average molecular weight is 351 g/mol. The summed E-state index contributed by atoms with van der Waals surface area (Å²) in [5, 5.41) is 13.1. The van der Waals surface area contributed by atoms with Crippen molar-refractivity contribution in [3.8, 4) is 0 Å². The van der Waals surface area contributed by atoms with Crippen molar-refractivity contribution in [2.24, 2.45) is 5.92 Å². The molecule has 0 bridgehead atoms. The van der Waals surface area contributed by atoms with Crippen LogP contribution < -0.4 is 10.9 Å². The minimum atomic E-state index is -0.804. The fraction of sp³-hybridized carbons (Fsp3) is 0.636. The second-order valence-corrected chi connectivity index (χ2v) is 5.92. The normalized spacial score (nSPS) is 14.7. The molecule has 0 amide bonds. The van der Waals surface area contributed by atoms with Gasteiger partial charge in [-0.2, -0.15) is 0 Å². The van der Waals surface area contributed by atoms with Crippen molar-refractivity contribution in [3.63, 3.8) is 0 Å². The molecule has 0 aliphatic heterocycles. The maximum atomic E-state index is 11.3. The highest BCUT2D eigenvalue weighted by Gasteiger charge is 2.22. The van der Waals surface area contributed by atoms with Gasteiger partial charge in [0, 0.05) is 6.54 Å². The number of anilines is 1. The zero-order valence-electron chi connectivity index (χ0n) is 10.2. The van der Waals surface area contributed by atoms with Crippen molar-refractivity contribution in [2.45, 2.75) is 32.8 Å². The van der Waals surface area contributed by atoms with E-state index in [-0.39, 0.29) is 5.56 Å². The lowest BCUT2D eigenvalue weighted by molar-refractivity contribution is 0.0514. The first-order chi connectivity index (χ1) is 7.82. The fourth-order valence-electron chi connectivity index (χ4n) is 1.73. The monoisotopic (exact) mass is 351 g/mol. The Kier molecular flexibility index (Phi) is 4.93. The largest absolute Gasteiger partial charge is 0.388 e. The fourth-order valence-corrected chi connectivity index (χ4v) is 2.22. The van der Waals surface area contributed by atoms with E-state index in [0.717, 1.165) is 0 Å². The van der Waals surface area contributed by atoms with Crippen molar-refractivity contribution >= 4 is 28.4 Å². The lowest BCUT2D eigenvalue weighted by atomic mass is 9.94. The number of hydrogen-bond donors (Lipinski definition) is 3. The molecular formula is C11H18IN3O2. The topological polar surface area (TPSA) is 78.0 Å². The summed E-state index contributed by atoms with van der Waals surface area (Å²) in [6.45, 7) is 6.27. The maximum Gasteiger partial charge on any atom is 0.266 e. The Balaban J connectivity index is 2.67. The number of aliphatic hydroxyl groups is 1. The highest BCUT2D eigenvalue weighted by atomic mass is 127. The molecule has 0 aromatic carbocycles. The SMILES string of the molecule is CC(C)CC(C)(O)CNc1nc[nH]c(=O)c1I. The van der Waals surface area contributed by atoms with Crippen LogP contribution in [0.1, 0.15) is 27.2 Å². The number of nitrogens with zero attached hydrogens (tertiary/aromatic N) is 1. The summed E-state index contributed by atoms with van der Waals surface area (Å²) in [4.78, 5) is 17.9. The highest BCUT2D eigenvalue weighted by molar-refractivity contribution is 14.1. The first-order valence-electron chi connectivity index (χ1n) is 5.51. The summed E-state index contributed by atoms with van der Waals surface area (Å²) in [5.74, 6) is 0.927. The second-order valence-electron chi connectivity index (χ2n) is 4.84. The van der Waals surface area contributed by atoms with Gasteiger partial charge < -0.3 is 15.4 Å². The Morgan fingerprint density at radius 3 is 2.88 bits per heavy atom. The Labute approximate surface area is 114 Å². The van der Waals surface area contributed by atoms with E-state index in [4.69, 9.17) is 0 Å². The number of nitrogens with one attached hydrogen (secondary N) is 2. The van der Waals surface area contributed by atoms with Gasteiger partial charge >= 0.3 is 0 Å². The zero-order valence-corrected chi connectivity index (χ0v) is 12.4. The first-order valence-corrected chi connectivity index (χ1v) is 6.59. The van der Waals surface area contributed by atoms with Crippen LogP contribution in [0.25, 0.3) is 0 Å². The van der Waals surface area contributed by atoms with Gasteiger partial charge in [-0.05, 0) is 41.9 Å². The van der Waals surface area contributed by atoms with E-state index < -0.39 is 5.60 Å². The molecule has 3 N–H and O–H groups in total. The van der Waals surface area contributed by atoms with Crippen molar-refractivity contribution in [2.75, 3.05) is 11.9 Å². The summed E-state index contributed by atoms with van der Waals surface area (Å²) in [5.41, 5.74) is -0.978. The molecule has 1 unspecified atom stereocenters. The van der Waals surface area contributed by atoms with E-state index in [2.05, 4.69) is 29.1 Å². The number of H-pyrrole nitrogens is 1. The predicted octanol–water partition coefficient (Wildman–Crippen LogP) is 1.58. The Hall–Kier alpha value is -0.630. The molecule has 0 aliphatic rings. The van der Waals surface area contributed by atoms with Gasteiger partial charge in [-0.15, -0.1) is 0 Å². The zero-order chi connectivity index (χ0) is 13.1. The van der Waals surface area contributed by atoms with Gasteiger partial charge in [0.25, 0.3) is 5.56 Å². The van der Waals surface area contributed by atoms with Crippen LogP contribution in [-0.4, -0.2) is 27.2 Å². The van der Waals surface area contributed by atoms with Gasteiger partial charge in [0.05, 0.1) is 11.9 Å². The molecule has 0 spiro atoms. The molecule has 0 saturated carbocycles. The molecule has 1 atom stereocenters. The molecule has 0 fully saturated rings. The quantitative estimate of drug-likeness (QED) is 0.704. The van der Waals surface area contributed by atoms with Crippen molar-refractivity contribution in [1.29, 1.82) is 0 Å². The van der Waals surface area contributed by atoms with E-state index in [1.165, 1.54) is 6.33 Å². The number of hydrogen-bond acceptors (Lipinski definition) is 4. The van der Waals surface area contributed by atoms with E-state index >= 15 is 0 Å². The maximum absolute atomic E-state index is 11.3. The second kappa shape index (κ2) is 5.81. The van der Waals surface area contributed by atoms with Crippen LogP contribution in [-0.2, 0) is 0 Å². The third-order valence-corrected chi connectivity index (χ3v) is 3.28. The first kappa shape index (κ1) is 14.4. The van der Waals surface area contributed by atoms with E-state index in [9.17, 15) is 9.90 Å². The van der Waals surface area contributed by atoms with Gasteiger partial charge in [-0.1, -0.05) is 13.8 Å². The van der Waals surface area contributed by atoms with E-state index in [1.54, 1.807) is 6.92 Å². The van der Waals surface area contributed by atoms with E-state index in [1.807, 2.05) is 22.6 Å². The Morgan fingerprint density at radius 2 is 2.29 bits per heavy atom. The molecule has 0 saturated heterocycles. The van der Waals surface area contributed by atoms with Gasteiger partial charge in [-0.25, -0.2) is 4.98 Å². The minimum Gasteiger partial charge on any atom is -0.388 e. The van der Waals surface area contributed by atoms with Gasteiger partial charge in [0.1, 0.15) is 9.39 Å². The summed E-state index contributed by atoms with van der Waals surface area (Å²) in [6.07, 6.45) is 2.05. The third kappa shape index (κ3) is 4.63. The average Bonchev–Trinajstić information content (AvgIpc) is 2.18. The molecule has 96 valence electrons. The molecule has 5 nitrogen and oxygen atoms in total. The predicted molar refractivity (Wildman–Crippen MR) is 76.1 cm³/mol. The van der Waals surface area contributed by atoms with E-state index in [0.29, 0.717) is 28.3 Å². The highest BCUT2D eigenvalue weighted by Crippen LogP contribution is 2.17. The summed E-state index contributed by atoms with van der Waals surface area (Å²) in [6, 6.07) is 0. The van der Waals surface area contributed by atoms with Crippen molar-refractivity contribution in [3.05, 3.63) is 20.3 Å². The van der Waals surface area contributed by atoms with Gasteiger partial charge in [-0.3, -0.25) is 4.79 Å². The summed E-state index contributed by atoms with van der Waals surface area (Å²) >= 11 is 1.93. The van der Waals surface area contributed by atoms with Gasteiger partial charge in [0.15, 0.2) is 0 Å². The van der Waals surface area contributed by atoms with Crippen LogP contribution in [0.2, 0.25) is 0 Å². The number of aromatic amines is 1. The minimum absolute atomic E-state index is 0.174. The summed E-state index contributed by atoms with van der Waals surface area (Å²) < 4.78 is 0.505. The number of halogens is 1. The smallest absolute Gasteiger partial charge is 0.266 e. The number of aromatic nitrogens is 2. The van der Waals surface area contributed by atoms with Crippen LogP contribution in [0.3, 0.4) is 0 Å². The Bertz CT molecular complexity index is 429. The number of rotatable bonds is 5. The Morgan fingerprint density at radius 1 is 1.65 bits per heavy atom. The van der Waals surface area contributed by atoms with Crippen molar-refractivity contribution < 1.29 is 5.11 Å². The molecule has 1 aromatic heterocycles. The molecule has 1 rings (SSSR count). The van der Waals surface area contributed by atoms with Crippen molar-refractivity contribution in [1.82, 2.24) is 9.97 Å². The van der Waals surface area contributed by atoms with Gasteiger partial charge in [0.2, 0.25) is 0 Å². The molecule has 1 heterocycles. The standard InChI is InChI=1S/C11H18IN3O2/c1-7(2)4-11(3,17)5-13-9-8(12)10(16)15-6-14-9/h6-7,17H,4-5H2,1-3H3,(H2,13,14,15,16). The molecular weight excluding hydrogens is 333 g/mol. The lowest BCUT2D eigenvalue weighted by Gasteiger charge is -2.25. The third-order valence-electron chi connectivity index (χ3n) is 2.28. The lowest BCUT2D eigenvalue weighted by Crippen LogP contribution is -2.35.